The van der Waals surface area contributed by atoms with Crippen LogP contribution in [0.25, 0.3) is 78.7 Å². The van der Waals surface area contributed by atoms with Crippen molar-refractivity contribution < 1.29 is 0 Å². The molecule has 55 heavy (non-hydrogen) atoms. The van der Waals surface area contributed by atoms with Gasteiger partial charge in [-0.1, -0.05) is 127 Å². The highest BCUT2D eigenvalue weighted by molar-refractivity contribution is 8.14. The zero-order valence-electron chi connectivity index (χ0n) is 29.6. The lowest BCUT2D eigenvalue weighted by Crippen LogP contribution is -1.96. The van der Waals surface area contributed by atoms with Crippen LogP contribution in [0.5, 0.6) is 0 Å². The maximum atomic E-state index is 5.48. The van der Waals surface area contributed by atoms with E-state index in [0.29, 0.717) is 0 Å². The average Bonchev–Trinajstić information content (AvgIpc) is 4.08. The van der Waals surface area contributed by atoms with Crippen LogP contribution in [0.4, 0.5) is 5.69 Å². The third-order valence-corrected chi connectivity index (χ3v) is 10.9. The molecule has 0 radical (unpaired) electrons. The van der Waals surface area contributed by atoms with Crippen LogP contribution in [0.15, 0.2) is 186 Å². The molecular weight excluding hydrogens is 691 g/mol. The largest absolute Gasteiger partial charge is 0.354 e. The van der Waals surface area contributed by atoms with Gasteiger partial charge in [0.15, 0.2) is 0 Å². The molecule has 6 heterocycles. The summed E-state index contributed by atoms with van der Waals surface area (Å²) in [6.45, 7) is 0. The van der Waals surface area contributed by atoms with Gasteiger partial charge in [0.05, 0.1) is 17.1 Å². The Morgan fingerprint density at radius 2 is 0.855 bits per heavy atom. The molecule has 8 aromatic rings. The molecule has 0 aliphatic carbocycles. The molecule has 10 rings (SSSR count). The van der Waals surface area contributed by atoms with Gasteiger partial charge < -0.3 is 9.97 Å². The summed E-state index contributed by atoms with van der Waals surface area (Å²) in [5.41, 5.74) is 16.0. The van der Waals surface area contributed by atoms with E-state index < -0.39 is 0 Å². The quantitative estimate of drug-likeness (QED) is 0.186. The third-order valence-electron chi connectivity index (χ3n) is 9.95. The summed E-state index contributed by atoms with van der Waals surface area (Å²) in [5.74, 6) is 0. The van der Waals surface area contributed by atoms with Gasteiger partial charge in [-0.2, -0.15) is 0 Å². The van der Waals surface area contributed by atoms with Gasteiger partial charge >= 0.3 is 0 Å². The Morgan fingerprint density at radius 3 is 1.35 bits per heavy atom. The number of aliphatic imine (C=N–C) groups is 1. The first-order valence-corrected chi connectivity index (χ1v) is 19.1. The molecule has 0 amide bonds. The van der Waals surface area contributed by atoms with Crippen molar-refractivity contribution in [2.24, 2.45) is 4.99 Å². The van der Waals surface area contributed by atoms with Crippen molar-refractivity contribution in [2.45, 2.75) is 5.03 Å². The number of pyridine rings is 1. The van der Waals surface area contributed by atoms with Crippen molar-refractivity contribution in [1.29, 1.82) is 0 Å². The average molecular weight is 724 g/mol. The number of H-pyrrole nitrogens is 2. The van der Waals surface area contributed by atoms with E-state index in [1.807, 2.05) is 24.4 Å². The lowest BCUT2D eigenvalue weighted by molar-refractivity contribution is 1.14. The van der Waals surface area contributed by atoms with E-state index in [1.54, 1.807) is 11.8 Å². The number of hydrogen-bond donors (Lipinski definition) is 2. The molecule has 0 atom stereocenters. The molecule has 0 saturated heterocycles. The molecule has 8 bridgehead atoms. The van der Waals surface area contributed by atoms with Crippen LogP contribution in [0, 0.1) is 0 Å². The van der Waals surface area contributed by atoms with E-state index in [-0.39, 0.29) is 0 Å². The summed E-state index contributed by atoms with van der Waals surface area (Å²) >= 11 is 1.58. The number of rotatable bonds is 5. The lowest BCUT2D eigenvalue weighted by Gasteiger charge is -2.09. The second-order valence-corrected chi connectivity index (χ2v) is 14.4. The predicted octanol–water partition coefficient (Wildman–Crippen LogP) is 13.0. The Labute approximate surface area is 322 Å². The minimum atomic E-state index is 0.867. The number of aromatic nitrogens is 4. The first-order chi connectivity index (χ1) is 27.3. The van der Waals surface area contributed by atoms with E-state index >= 15 is 0 Å². The van der Waals surface area contributed by atoms with Gasteiger partial charge in [0, 0.05) is 56.1 Å². The Bertz CT molecular complexity index is 2910. The molecule has 0 unspecified atom stereocenters. The summed E-state index contributed by atoms with van der Waals surface area (Å²) in [5, 5.41) is 1.75. The van der Waals surface area contributed by atoms with Crippen molar-refractivity contribution in [3.05, 3.63) is 193 Å². The van der Waals surface area contributed by atoms with Gasteiger partial charge in [-0.25, -0.2) is 15.0 Å². The molecule has 4 aromatic heterocycles. The highest BCUT2D eigenvalue weighted by Gasteiger charge is 2.23. The van der Waals surface area contributed by atoms with Gasteiger partial charge in [0.2, 0.25) is 0 Å². The smallest absolute Gasteiger partial charge is 0.111 e. The molecule has 0 fully saturated rings. The number of aromatic amines is 2. The van der Waals surface area contributed by atoms with E-state index in [4.69, 9.17) is 15.0 Å². The van der Waals surface area contributed by atoms with Gasteiger partial charge in [-0.3, -0.25) is 0 Å². The number of thioether (sulfide) groups is 1. The molecule has 0 spiro atoms. The molecule has 5 nitrogen and oxygen atoms in total. The first-order valence-electron chi connectivity index (χ1n) is 18.3. The third kappa shape index (κ3) is 6.18. The summed E-state index contributed by atoms with van der Waals surface area (Å²) < 4.78 is 0. The number of nitrogens with one attached hydrogen (secondary N) is 2. The molecule has 6 heteroatoms. The minimum Gasteiger partial charge on any atom is -0.354 e. The number of fused-ring (bicyclic) bond motifs is 8. The van der Waals surface area contributed by atoms with Crippen LogP contribution in [-0.2, 0) is 0 Å². The van der Waals surface area contributed by atoms with Crippen LogP contribution in [0.2, 0.25) is 0 Å². The normalized spacial score (nSPS) is 12.1. The number of benzene rings is 4. The van der Waals surface area contributed by atoms with E-state index in [0.717, 1.165) is 99.3 Å². The lowest BCUT2D eigenvalue weighted by atomic mass is 10.0. The molecule has 2 N–H and O–H groups in total. The molecule has 260 valence electrons. The fraction of sp³-hybridized carbons (Fsp3) is 0. The van der Waals surface area contributed by atoms with Gasteiger partial charge in [0.25, 0.3) is 0 Å². The second-order valence-electron chi connectivity index (χ2n) is 13.4. The van der Waals surface area contributed by atoms with Crippen LogP contribution >= 0.6 is 11.8 Å². The van der Waals surface area contributed by atoms with Crippen molar-refractivity contribution in [2.75, 3.05) is 0 Å². The van der Waals surface area contributed by atoms with Crippen LogP contribution in [0.3, 0.4) is 0 Å². The molecule has 2 aliphatic heterocycles. The number of nitrogens with zero attached hydrogens (tertiary/aromatic N) is 3. The van der Waals surface area contributed by atoms with E-state index in [9.17, 15) is 0 Å². The second kappa shape index (κ2) is 14.1. The summed E-state index contributed by atoms with van der Waals surface area (Å²) in [6, 6.07) is 59.1. The Kier molecular flexibility index (Phi) is 8.35. The topological polar surface area (TPSA) is 69.7 Å². The molecule has 0 saturated carbocycles. The van der Waals surface area contributed by atoms with Crippen LogP contribution in [0.1, 0.15) is 17.0 Å². The SMILES string of the molecule is C1=Cc2nc1c(-c1ccccc1)c1ccc([nH]1)c(-c1ccccc1)c1cc(c(-c3ccccc3)c3ccc([nH]3)c2-c2ccccc2)C(Sc2ccccn2)=N1. The van der Waals surface area contributed by atoms with Crippen LogP contribution < -0.4 is 0 Å². The summed E-state index contributed by atoms with van der Waals surface area (Å²) in [6.07, 6.45) is 6.11. The maximum Gasteiger partial charge on any atom is 0.111 e. The highest BCUT2D eigenvalue weighted by atomic mass is 32.2. The Hall–Kier alpha value is -7.02. The molecule has 2 aliphatic rings. The van der Waals surface area contributed by atoms with Crippen molar-refractivity contribution in [1.82, 2.24) is 19.9 Å². The first kappa shape index (κ1) is 32.6. The highest BCUT2D eigenvalue weighted by Crippen LogP contribution is 2.43. The summed E-state index contributed by atoms with van der Waals surface area (Å²) in [7, 11) is 0. The monoisotopic (exact) mass is 723 g/mol. The maximum absolute atomic E-state index is 5.48. The fourth-order valence-corrected chi connectivity index (χ4v) is 8.38. The number of hydrogen-bond acceptors (Lipinski definition) is 4. The van der Waals surface area contributed by atoms with Gasteiger partial charge in [0.1, 0.15) is 10.1 Å². The standard InChI is InChI=1S/C49H33N5S/c1-5-15-32(16-6-1)45-36-31-43(54-49(36)55-44-23-13-14-30-50-44)48(35-21-11-4-12-22-35)42-29-28-41(53-42)47(34-19-9-3-10-20-34)40-27-26-39(52-40)46(33-17-7-2-8-18-33)38-25-24-37(45)51-38/h1-31,51,53H. The van der Waals surface area contributed by atoms with E-state index in [2.05, 4.69) is 174 Å². The van der Waals surface area contributed by atoms with Crippen LogP contribution in [-0.4, -0.2) is 25.0 Å². The van der Waals surface area contributed by atoms with Gasteiger partial charge in [-0.05, 0) is 88.6 Å². The van der Waals surface area contributed by atoms with E-state index in [1.165, 1.54) is 0 Å². The van der Waals surface area contributed by atoms with Gasteiger partial charge in [-0.15, -0.1) is 0 Å². The van der Waals surface area contributed by atoms with Crippen molar-refractivity contribution in [3.8, 4) is 44.5 Å². The minimum absolute atomic E-state index is 0.867. The molecule has 4 aromatic carbocycles. The van der Waals surface area contributed by atoms with Crippen molar-refractivity contribution in [3.63, 3.8) is 0 Å². The fourth-order valence-electron chi connectivity index (χ4n) is 7.51. The van der Waals surface area contributed by atoms with Crippen molar-refractivity contribution >= 4 is 56.7 Å². The Morgan fingerprint density at radius 1 is 0.418 bits per heavy atom. The predicted molar refractivity (Wildman–Crippen MR) is 230 cm³/mol. The molecular formula is C49H33N5S. The zero-order valence-corrected chi connectivity index (χ0v) is 30.5. The summed E-state index contributed by atoms with van der Waals surface area (Å²) in [4.78, 5) is 23.3. The zero-order chi connectivity index (χ0) is 36.6. The Balaban J connectivity index is 1.41.